The number of rotatable bonds is 5. The Morgan fingerprint density at radius 2 is 0.906 bits per heavy atom. The van der Waals surface area contributed by atoms with E-state index in [0.717, 1.165) is 17.1 Å². The summed E-state index contributed by atoms with van der Waals surface area (Å²) in [7, 11) is 0. The molecule has 0 N–H and O–H groups in total. The number of hydrogen-bond acceptors (Lipinski definition) is 1. The lowest BCUT2D eigenvalue weighted by Gasteiger charge is -2.28. The van der Waals surface area contributed by atoms with Gasteiger partial charge >= 0.3 is 0 Å². The van der Waals surface area contributed by atoms with Gasteiger partial charge in [0.05, 0.1) is 5.69 Å². The van der Waals surface area contributed by atoms with Crippen LogP contribution in [0.2, 0.25) is 0 Å². The first kappa shape index (κ1) is 19.8. The van der Waals surface area contributed by atoms with E-state index in [1.165, 1.54) is 27.8 Å². The van der Waals surface area contributed by atoms with E-state index >= 15 is 0 Å². The fraction of sp³-hybridized carbons (Fsp3) is 0.0323. The van der Waals surface area contributed by atoms with E-state index in [0.29, 0.717) is 0 Å². The van der Waals surface area contributed by atoms with E-state index in [2.05, 4.69) is 145 Å². The van der Waals surface area contributed by atoms with Crippen molar-refractivity contribution in [1.29, 1.82) is 0 Å². The molecule has 0 aromatic heterocycles. The Kier molecular flexibility index (Phi) is 5.55. The first-order chi connectivity index (χ1) is 15.8. The van der Waals surface area contributed by atoms with Crippen LogP contribution in [0, 0.1) is 6.92 Å². The van der Waals surface area contributed by atoms with Crippen LogP contribution < -0.4 is 4.90 Å². The van der Waals surface area contributed by atoms with Gasteiger partial charge in [0.1, 0.15) is 0 Å². The fourth-order valence-corrected chi connectivity index (χ4v) is 4.08. The van der Waals surface area contributed by atoms with E-state index in [1.54, 1.807) is 0 Å². The van der Waals surface area contributed by atoms with Gasteiger partial charge in [0.25, 0.3) is 0 Å². The van der Waals surface area contributed by atoms with Gasteiger partial charge in [-0.1, -0.05) is 109 Å². The highest BCUT2D eigenvalue weighted by Crippen LogP contribution is 2.41. The average Bonchev–Trinajstić information content (AvgIpc) is 2.87. The van der Waals surface area contributed by atoms with Gasteiger partial charge in [-0.2, -0.15) is 0 Å². The van der Waals surface area contributed by atoms with Crippen molar-refractivity contribution >= 4 is 17.1 Å². The molecule has 5 aromatic rings. The minimum atomic E-state index is 1.13. The van der Waals surface area contributed by atoms with Crippen molar-refractivity contribution in [2.75, 3.05) is 4.90 Å². The molecular weight excluding hydrogens is 386 g/mol. The molecule has 0 amide bonds. The van der Waals surface area contributed by atoms with Crippen LogP contribution >= 0.6 is 0 Å². The molecule has 0 atom stereocenters. The highest BCUT2D eigenvalue weighted by molar-refractivity contribution is 5.88. The molecular formula is C31H25N. The number of hydrogen-bond donors (Lipinski definition) is 0. The summed E-state index contributed by atoms with van der Waals surface area (Å²) in [5, 5.41) is 0. The Morgan fingerprint density at radius 1 is 0.406 bits per heavy atom. The monoisotopic (exact) mass is 411 g/mol. The fourth-order valence-electron chi connectivity index (χ4n) is 4.08. The topological polar surface area (TPSA) is 3.24 Å². The maximum atomic E-state index is 2.34. The summed E-state index contributed by atoms with van der Waals surface area (Å²) in [4.78, 5) is 2.34. The average molecular weight is 412 g/mol. The number of anilines is 3. The normalized spacial score (nSPS) is 10.7. The molecule has 0 fully saturated rings. The highest BCUT2D eigenvalue weighted by Gasteiger charge is 2.16. The highest BCUT2D eigenvalue weighted by atomic mass is 15.1. The predicted molar refractivity (Wildman–Crippen MR) is 137 cm³/mol. The van der Waals surface area contributed by atoms with Gasteiger partial charge < -0.3 is 4.90 Å². The Balaban J connectivity index is 1.63. The third kappa shape index (κ3) is 4.06. The first-order valence-corrected chi connectivity index (χ1v) is 11.0. The molecule has 32 heavy (non-hydrogen) atoms. The molecule has 5 aromatic carbocycles. The third-order valence-electron chi connectivity index (χ3n) is 5.75. The molecule has 0 saturated carbocycles. The first-order valence-electron chi connectivity index (χ1n) is 11.0. The minimum absolute atomic E-state index is 1.13. The van der Waals surface area contributed by atoms with Crippen molar-refractivity contribution in [1.82, 2.24) is 0 Å². The summed E-state index contributed by atoms with van der Waals surface area (Å²) >= 11 is 0. The second-order valence-electron chi connectivity index (χ2n) is 7.97. The number of para-hydroxylation sites is 2. The molecule has 0 spiro atoms. The van der Waals surface area contributed by atoms with Gasteiger partial charge in [-0.15, -0.1) is 0 Å². The zero-order chi connectivity index (χ0) is 21.8. The molecule has 1 heteroatoms. The molecule has 0 aliphatic heterocycles. The predicted octanol–water partition coefficient (Wildman–Crippen LogP) is 8.80. The third-order valence-corrected chi connectivity index (χ3v) is 5.75. The maximum absolute atomic E-state index is 2.34. The summed E-state index contributed by atoms with van der Waals surface area (Å²) in [5.74, 6) is 0. The van der Waals surface area contributed by atoms with Crippen molar-refractivity contribution in [3.63, 3.8) is 0 Å². The molecule has 0 saturated heterocycles. The van der Waals surface area contributed by atoms with E-state index in [4.69, 9.17) is 0 Å². The van der Waals surface area contributed by atoms with Crippen molar-refractivity contribution in [3.05, 3.63) is 139 Å². The summed E-state index contributed by atoms with van der Waals surface area (Å²) in [6.45, 7) is 2.13. The lowest BCUT2D eigenvalue weighted by Crippen LogP contribution is -2.11. The molecule has 0 aliphatic rings. The SMILES string of the molecule is Cc1ccc(-c2ccccc2N(c2ccccc2)c2ccc(-c3ccccc3)cc2)cc1. The number of nitrogens with zero attached hydrogens (tertiary/aromatic N) is 1. The quantitative estimate of drug-likeness (QED) is 0.279. The molecule has 1 nitrogen and oxygen atoms in total. The van der Waals surface area contributed by atoms with E-state index in [1.807, 2.05) is 0 Å². The summed E-state index contributed by atoms with van der Waals surface area (Å²) in [6.07, 6.45) is 0. The maximum Gasteiger partial charge on any atom is 0.0540 e. The second kappa shape index (κ2) is 8.95. The Labute approximate surface area is 190 Å². The van der Waals surface area contributed by atoms with Crippen LogP contribution in [-0.4, -0.2) is 0 Å². The van der Waals surface area contributed by atoms with Crippen LogP contribution in [0.15, 0.2) is 133 Å². The van der Waals surface area contributed by atoms with Crippen LogP contribution in [0.5, 0.6) is 0 Å². The summed E-state index contributed by atoms with van der Waals surface area (Å²) in [5.41, 5.74) is 9.57. The molecule has 0 unspecified atom stereocenters. The van der Waals surface area contributed by atoms with Gasteiger partial charge in [0.2, 0.25) is 0 Å². The Hall–Kier alpha value is -4.10. The molecule has 0 aliphatic carbocycles. The zero-order valence-electron chi connectivity index (χ0n) is 18.1. The molecule has 0 radical (unpaired) electrons. The van der Waals surface area contributed by atoms with Crippen LogP contribution in [0.25, 0.3) is 22.3 Å². The van der Waals surface area contributed by atoms with Crippen LogP contribution in [-0.2, 0) is 0 Å². The van der Waals surface area contributed by atoms with Gasteiger partial charge in [0, 0.05) is 16.9 Å². The second-order valence-corrected chi connectivity index (χ2v) is 7.97. The van der Waals surface area contributed by atoms with Crippen LogP contribution in [0.1, 0.15) is 5.56 Å². The van der Waals surface area contributed by atoms with E-state index in [9.17, 15) is 0 Å². The zero-order valence-corrected chi connectivity index (χ0v) is 18.1. The van der Waals surface area contributed by atoms with Crippen molar-refractivity contribution in [3.8, 4) is 22.3 Å². The lowest BCUT2D eigenvalue weighted by atomic mass is 10.00. The summed E-state index contributed by atoms with van der Waals surface area (Å²) < 4.78 is 0. The molecule has 0 bridgehead atoms. The smallest absolute Gasteiger partial charge is 0.0540 e. The van der Waals surface area contributed by atoms with Crippen LogP contribution in [0.4, 0.5) is 17.1 Å². The lowest BCUT2D eigenvalue weighted by molar-refractivity contribution is 1.28. The van der Waals surface area contributed by atoms with E-state index < -0.39 is 0 Å². The molecule has 0 heterocycles. The Bertz CT molecular complexity index is 1290. The molecule has 154 valence electrons. The Morgan fingerprint density at radius 3 is 1.59 bits per heavy atom. The van der Waals surface area contributed by atoms with Crippen LogP contribution in [0.3, 0.4) is 0 Å². The van der Waals surface area contributed by atoms with Gasteiger partial charge in [-0.3, -0.25) is 0 Å². The van der Waals surface area contributed by atoms with Gasteiger partial charge in [-0.25, -0.2) is 0 Å². The number of benzene rings is 5. The minimum Gasteiger partial charge on any atom is -0.310 e. The van der Waals surface area contributed by atoms with Crippen molar-refractivity contribution in [2.24, 2.45) is 0 Å². The number of aryl methyl sites for hydroxylation is 1. The van der Waals surface area contributed by atoms with Crippen molar-refractivity contribution in [2.45, 2.75) is 6.92 Å². The summed E-state index contributed by atoms with van der Waals surface area (Å²) in [6, 6.07) is 47.3. The van der Waals surface area contributed by atoms with Gasteiger partial charge in [0.15, 0.2) is 0 Å². The molecule has 5 rings (SSSR count). The van der Waals surface area contributed by atoms with Crippen molar-refractivity contribution < 1.29 is 0 Å². The largest absolute Gasteiger partial charge is 0.310 e. The standard InChI is InChI=1S/C31H25N/c1-24-16-18-27(19-17-24)30-14-8-9-15-31(30)32(28-12-6-3-7-13-28)29-22-20-26(21-23-29)25-10-4-2-5-11-25/h2-23H,1H3. The van der Waals surface area contributed by atoms with Gasteiger partial charge in [-0.05, 0) is 53.9 Å². The van der Waals surface area contributed by atoms with E-state index in [-0.39, 0.29) is 0 Å².